The molecule has 4 nitrogen and oxygen atoms in total. The molecule has 0 spiro atoms. The van der Waals surface area contributed by atoms with E-state index < -0.39 is 5.97 Å². The highest BCUT2D eigenvalue weighted by atomic mass is 16.4. The zero-order valence-corrected chi connectivity index (χ0v) is 9.65. The van der Waals surface area contributed by atoms with E-state index >= 15 is 0 Å². The first-order chi connectivity index (χ1) is 7.68. The maximum absolute atomic E-state index is 10.8. The van der Waals surface area contributed by atoms with Gasteiger partial charge in [0.25, 0.3) is 0 Å². The predicted octanol–water partition coefficient (Wildman–Crippen LogP) is 2.79. The van der Waals surface area contributed by atoms with Crippen LogP contribution in [0.3, 0.4) is 0 Å². The largest absolute Gasteiger partial charge is 0.476 e. The third-order valence-electron chi connectivity index (χ3n) is 3.31. The van der Waals surface area contributed by atoms with Crippen molar-refractivity contribution in [2.24, 2.45) is 0 Å². The molecular weight excluding hydrogens is 204 g/mol. The molecule has 0 bridgehead atoms. The molecule has 0 saturated heterocycles. The molecule has 0 amide bonds. The summed E-state index contributed by atoms with van der Waals surface area (Å²) in [5.74, 6) is -0.935. The number of carbonyl (C=O) groups is 1. The fraction of sp³-hybridized carbons (Fsp3) is 0.667. The topological polar surface area (TPSA) is 55.1 Å². The molecular formula is C12H18N2O2. The fourth-order valence-electron chi connectivity index (χ4n) is 2.46. The first kappa shape index (κ1) is 11.2. The molecule has 1 aliphatic carbocycles. The average Bonchev–Trinajstić information content (AvgIpc) is 2.50. The van der Waals surface area contributed by atoms with Gasteiger partial charge in [-0.15, -0.1) is 0 Å². The Kier molecular flexibility index (Phi) is 3.27. The Labute approximate surface area is 95.3 Å². The maximum Gasteiger partial charge on any atom is 0.356 e. The molecule has 1 aromatic rings. The molecule has 1 aliphatic rings. The van der Waals surface area contributed by atoms with Gasteiger partial charge in [-0.1, -0.05) is 25.7 Å². The zero-order valence-electron chi connectivity index (χ0n) is 9.65. The number of carboxylic acids is 1. The standard InChI is InChI=1S/C12H18N2O2/c1-9-8-11(12(15)16)13-14(9)10-6-4-2-3-5-7-10/h8,10H,2-7H2,1H3,(H,15,16). The number of aromatic carboxylic acids is 1. The molecule has 1 fully saturated rings. The van der Waals surface area contributed by atoms with Gasteiger partial charge >= 0.3 is 5.97 Å². The van der Waals surface area contributed by atoms with E-state index in [9.17, 15) is 4.79 Å². The van der Waals surface area contributed by atoms with E-state index in [0.717, 1.165) is 18.5 Å². The lowest BCUT2D eigenvalue weighted by atomic mass is 10.1. The summed E-state index contributed by atoms with van der Waals surface area (Å²) in [5, 5.41) is 13.1. The summed E-state index contributed by atoms with van der Waals surface area (Å²) in [6, 6.07) is 2.06. The molecule has 16 heavy (non-hydrogen) atoms. The Hall–Kier alpha value is -1.32. The molecule has 88 valence electrons. The number of nitrogens with zero attached hydrogens (tertiary/aromatic N) is 2. The van der Waals surface area contributed by atoms with Crippen molar-refractivity contribution in [1.29, 1.82) is 0 Å². The van der Waals surface area contributed by atoms with Gasteiger partial charge in [0.1, 0.15) is 0 Å². The minimum atomic E-state index is -0.935. The summed E-state index contributed by atoms with van der Waals surface area (Å²) in [4.78, 5) is 10.8. The van der Waals surface area contributed by atoms with E-state index in [0.29, 0.717) is 6.04 Å². The Balaban J connectivity index is 2.21. The van der Waals surface area contributed by atoms with E-state index in [1.807, 2.05) is 11.6 Å². The smallest absolute Gasteiger partial charge is 0.356 e. The first-order valence-corrected chi connectivity index (χ1v) is 5.98. The van der Waals surface area contributed by atoms with E-state index in [1.165, 1.54) is 25.7 Å². The van der Waals surface area contributed by atoms with Crippen molar-refractivity contribution in [3.8, 4) is 0 Å². The van der Waals surface area contributed by atoms with Crippen LogP contribution >= 0.6 is 0 Å². The minimum absolute atomic E-state index is 0.168. The van der Waals surface area contributed by atoms with Crippen LogP contribution in [0, 0.1) is 6.92 Å². The lowest BCUT2D eigenvalue weighted by Gasteiger charge is -2.16. The van der Waals surface area contributed by atoms with Crippen molar-refractivity contribution in [3.05, 3.63) is 17.5 Å². The Morgan fingerprint density at radius 2 is 2.00 bits per heavy atom. The molecule has 0 radical (unpaired) electrons. The van der Waals surface area contributed by atoms with Gasteiger partial charge in [-0.25, -0.2) is 4.79 Å². The average molecular weight is 222 g/mol. The summed E-state index contributed by atoms with van der Waals surface area (Å²) in [7, 11) is 0. The number of carboxylic acid groups (broad SMARTS) is 1. The van der Waals surface area contributed by atoms with Gasteiger partial charge in [-0.05, 0) is 25.8 Å². The third-order valence-corrected chi connectivity index (χ3v) is 3.31. The van der Waals surface area contributed by atoms with Crippen LogP contribution in [0.5, 0.6) is 0 Å². The predicted molar refractivity (Wildman–Crippen MR) is 60.7 cm³/mol. The van der Waals surface area contributed by atoms with Gasteiger partial charge in [0.2, 0.25) is 0 Å². The molecule has 4 heteroatoms. The normalized spacial score (nSPS) is 18.3. The molecule has 1 aromatic heterocycles. The Bertz CT molecular complexity index is 376. The highest BCUT2D eigenvalue weighted by Crippen LogP contribution is 2.27. The second-order valence-electron chi connectivity index (χ2n) is 4.57. The van der Waals surface area contributed by atoms with Crippen LogP contribution < -0.4 is 0 Å². The van der Waals surface area contributed by atoms with E-state index in [2.05, 4.69) is 5.10 Å². The van der Waals surface area contributed by atoms with Crippen LogP contribution in [0.15, 0.2) is 6.07 Å². The minimum Gasteiger partial charge on any atom is -0.476 e. The van der Waals surface area contributed by atoms with Crippen molar-refractivity contribution in [3.63, 3.8) is 0 Å². The SMILES string of the molecule is Cc1cc(C(=O)O)nn1C1CCCCCC1. The number of aromatic nitrogens is 2. The molecule has 0 unspecified atom stereocenters. The molecule has 0 atom stereocenters. The van der Waals surface area contributed by atoms with Gasteiger partial charge in [0, 0.05) is 5.69 Å². The summed E-state index contributed by atoms with van der Waals surface area (Å²) in [6.07, 6.45) is 7.30. The second-order valence-corrected chi connectivity index (χ2v) is 4.57. The van der Waals surface area contributed by atoms with Crippen LogP contribution in [-0.2, 0) is 0 Å². The van der Waals surface area contributed by atoms with E-state index in [1.54, 1.807) is 6.07 Å². The van der Waals surface area contributed by atoms with Gasteiger partial charge in [-0.3, -0.25) is 4.68 Å². The van der Waals surface area contributed by atoms with Crippen molar-refractivity contribution >= 4 is 5.97 Å². The fourth-order valence-corrected chi connectivity index (χ4v) is 2.46. The van der Waals surface area contributed by atoms with Crippen molar-refractivity contribution in [1.82, 2.24) is 9.78 Å². The van der Waals surface area contributed by atoms with Crippen LogP contribution in [0.4, 0.5) is 0 Å². The van der Waals surface area contributed by atoms with Gasteiger partial charge in [-0.2, -0.15) is 5.10 Å². The first-order valence-electron chi connectivity index (χ1n) is 5.98. The summed E-state index contributed by atoms with van der Waals surface area (Å²) in [6.45, 7) is 1.93. The van der Waals surface area contributed by atoms with Crippen LogP contribution in [0.2, 0.25) is 0 Å². The zero-order chi connectivity index (χ0) is 11.5. The lowest BCUT2D eigenvalue weighted by Crippen LogP contribution is -2.12. The Morgan fingerprint density at radius 3 is 2.50 bits per heavy atom. The van der Waals surface area contributed by atoms with Gasteiger partial charge in [0.05, 0.1) is 6.04 Å². The van der Waals surface area contributed by atoms with Crippen LogP contribution in [0.25, 0.3) is 0 Å². The van der Waals surface area contributed by atoms with E-state index in [4.69, 9.17) is 5.11 Å². The summed E-state index contributed by atoms with van der Waals surface area (Å²) < 4.78 is 1.91. The lowest BCUT2D eigenvalue weighted by molar-refractivity contribution is 0.0689. The monoisotopic (exact) mass is 222 g/mol. The van der Waals surface area contributed by atoms with E-state index in [-0.39, 0.29) is 5.69 Å². The molecule has 2 rings (SSSR count). The molecule has 1 N–H and O–H groups in total. The van der Waals surface area contributed by atoms with Gasteiger partial charge in [0.15, 0.2) is 5.69 Å². The van der Waals surface area contributed by atoms with Crippen molar-refractivity contribution in [2.75, 3.05) is 0 Å². The molecule has 0 aromatic carbocycles. The number of rotatable bonds is 2. The molecule has 1 heterocycles. The van der Waals surface area contributed by atoms with Crippen LogP contribution in [-0.4, -0.2) is 20.9 Å². The molecule has 1 saturated carbocycles. The van der Waals surface area contributed by atoms with Crippen molar-refractivity contribution in [2.45, 2.75) is 51.5 Å². The Morgan fingerprint density at radius 1 is 1.38 bits per heavy atom. The number of hydrogen-bond acceptors (Lipinski definition) is 2. The summed E-state index contributed by atoms with van der Waals surface area (Å²) in [5.41, 5.74) is 1.13. The van der Waals surface area contributed by atoms with Crippen molar-refractivity contribution < 1.29 is 9.90 Å². The number of hydrogen-bond donors (Lipinski definition) is 1. The van der Waals surface area contributed by atoms with Gasteiger partial charge < -0.3 is 5.11 Å². The molecule has 0 aliphatic heterocycles. The quantitative estimate of drug-likeness (QED) is 0.783. The summed E-state index contributed by atoms with van der Waals surface area (Å²) >= 11 is 0. The number of aryl methyl sites for hydroxylation is 1. The third kappa shape index (κ3) is 2.26. The highest BCUT2D eigenvalue weighted by Gasteiger charge is 2.19. The maximum atomic E-state index is 10.8. The highest BCUT2D eigenvalue weighted by molar-refractivity contribution is 5.85. The van der Waals surface area contributed by atoms with Crippen LogP contribution in [0.1, 0.15) is 60.7 Å². The second kappa shape index (κ2) is 4.68.